The predicted octanol–water partition coefficient (Wildman–Crippen LogP) is 2.63. The van der Waals surface area contributed by atoms with Crippen LogP contribution in [0, 0.1) is 5.92 Å². The molecular formula is C25H30N4O4. The summed E-state index contributed by atoms with van der Waals surface area (Å²) in [6.07, 6.45) is 2.85. The molecular weight excluding hydrogens is 420 g/mol. The molecule has 174 valence electrons. The highest BCUT2D eigenvalue weighted by atomic mass is 16.5. The van der Waals surface area contributed by atoms with Gasteiger partial charge in [-0.1, -0.05) is 12.1 Å². The maximum Gasteiger partial charge on any atom is 0.305 e. The van der Waals surface area contributed by atoms with Gasteiger partial charge in [0.2, 0.25) is 0 Å². The summed E-state index contributed by atoms with van der Waals surface area (Å²) in [5, 5.41) is 9.56. The normalized spacial score (nSPS) is 18.5. The van der Waals surface area contributed by atoms with Gasteiger partial charge in [0, 0.05) is 43.3 Å². The number of fused-ring (bicyclic) bond motifs is 1. The van der Waals surface area contributed by atoms with E-state index in [9.17, 15) is 9.59 Å². The van der Waals surface area contributed by atoms with Gasteiger partial charge >= 0.3 is 5.97 Å². The number of benzene rings is 2. The van der Waals surface area contributed by atoms with E-state index in [1.165, 1.54) is 7.11 Å². The van der Waals surface area contributed by atoms with Crippen molar-refractivity contribution in [2.24, 2.45) is 11.0 Å². The first-order valence-electron chi connectivity index (χ1n) is 11.2. The quantitative estimate of drug-likeness (QED) is 0.538. The molecule has 2 aliphatic heterocycles. The van der Waals surface area contributed by atoms with Crippen molar-refractivity contribution in [3.8, 4) is 5.75 Å². The number of esters is 1. The Kier molecular flexibility index (Phi) is 7.24. The number of rotatable bonds is 6. The number of piperazine rings is 1. The van der Waals surface area contributed by atoms with Crippen LogP contribution >= 0.6 is 0 Å². The Morgan fingerprint density at radius 3 is 2.64 bits per heavy atom. The minimum atomic E-state index is -0.242. The Bertz CT molecular complexity index is 1010. The lowest BCUT2D eigenvalue weighted by molar-refractivity contribution is -0.142. The molecule has 1 saturated heterocycles. The molecule has 8 heteroatoms. The summed E-state index contributed by atoms with van der Waals surface area (Å²) in [7, 11) is 3.51. The largest absolute Gasteiger partial charge is 0.493 e. The lowest BCUT2D eigenvalue weighted by atomic mass is 9.94. The first-order valence-corrected chi connectivity index (χ1v) is 11.2. The number of likely N-dealkylation sites (N-methyl/N-ethyl adjacent to an activating group) is 1. The fourth-order valence-corrected chi connectivity index (χ4v) is 3.97. The van der Waals surface area contributed by atoms with Crippen molar-refractivity contribution in [2.75, 3.05) is 52.3 Å². The summed E-state index contributed by atoms with van der Waals surface area (Å²) < 4.78 is 10.5. The van der Waals surface area contributed by atoms with Crippen molar-refractivity contribution in [1.29, 1.82) is 0 Å². The van der Waals surface area contributed by atoms with Gasteiger partial charge in [-0.2, -0.15) is 5.10 Å². The average Bonchev–Trinajstić information content (AvgIpc) is 2.83. The zero-order valence-corrected chi connectivity index (χ0v) is 19.1. The number of hydrogen-bond donors (Lipinski definition) is 1. The van der Waals surface area contributed by atoms with Crippen LogP contribution in [0.4, 0.5) is 5.69 Å². The van der Waals surface area contributed by atoms with Crippen molar-refractivity contribution in [3.63, 3.8) is 0 Å². The average molecular weight is 451 g/mol. The smallest absolute Gasteiger partial charge is 0.305 e. The lowest BCUT2D eigenvalue weighted by Crippen LogP contribution is -2.41. The number of ether oxygens (including phenoxy) is 2. The number of nitrogens with zero attached hydrogens (tertiary/aromatic N) is 3. The van der Waals surface area contributed by atoms with Gasteiger partial charge in [0.1, 0.15) is 5.75 Å². The molecule has 2 aliphatic rings. The fourth-order valence-electron chi connectivity index (χ4n) is 3.97. The van der Waals surface area contributed by atoms with Crippen molar-refractivity contribution in [2.45, 2.75) is 12.8 Å². The van der Waals surface area contributed by atoms with E-state index in [1.54, 1.807) is 12.1 Å². The summed E-state index contributed by atoms with van der Waals surface area (Å²) in [6.45, 7) is 4.35. The molecule has 0 saturated carbocycles. The maximum atomic E-state index is 12.7. The van der Waals surface area contributed by atoms with Crippen LogP contribution in [-0.2, 0) is 16.0 Å². The number of carbonyl (C=O) groups is 2. The Hall–Kier alpha value is -3.39. The molecule has 0 bridgehead atoms. The highest BCUT2D eigenvalue weighted by Crippen LogP contribution is 2.31. The van der Waals surface area contributed by atoms with Crippen LogP contribution in [0.25, 0.3) is 0 Å². The number of hydrogen-bond acceptors (Lipinski definition) is 7. The summed E-state index contributed by atoms with van der Waals surface area (Å²) >= 11 is 0. The second kappa shape index (κ2) is 10.5. The van der Waals surface area contributed by atoms with Crippen LogP contribution < -0.4 is 10.1 Å². The zero-order valence-electron chi connectivity index (χ0n) is 19.1. The molecule has 2 aromatic carbocycles. The van der Waals surface area contributed by atoms with Crippen molar-refractivity contribution in [3.05, 3.63) is 59.2 Å². The third-order valence-corrected chi connectivity index (χ3v) is 6.01. The number of methoxy groups -OCH3 is 1. The van der Waals surface area contributed by atoms with Crippen molar-refractivity contribution in [1.82, 2.24) is 9.91 Å². The van der Waals surface area contributed by atoms with E-state index in [-0.39, 0.29) is 17.8 Å². The van der Waals surface area contributed by atoms with Crippen LogP contribution in [0.1, 0.15) is 27.9 Å². The fraction of sp³-hybridized carbons (Fsp3) is 0.400. The standard InChI is InChI=1S/C25H30N4O4/c1-28-9-11-29(12-10-28)26-16-18-3-5-20(6-4-18)25(31)27-22-7-8-23-21(15-22)13-19(17-33-23)14-24(30)32-2/h3-8,15-16,19H,9-14,17H2,1-2H3,(H,27,31)/b26-16+. The van der Waals surface area contributed by atoms with Crippen LogP contribution in [0.2, 0.25) is 0 Å². The molecule has 0 spiro atoms. The number of anilines is 1. The monoisotopic (exact) mass is 450 g/mol. The lowest BCUT2D eigenvalue weighted by Gasteiger charge is -2.30. The van der Waals surface area contributed by atoms with Gasteiger partial charge in [-0.05, 0) is 54.9 Å². The van der Waals surface area contributed by atoms with E-state index in [4.69, 9.17) is 9.47 Å². The summed E-state index contributed by atoms with van der Waals surface area (Å²) in [5.41, 5.74) is 3.20. The molecule has 8 nitrogen and oxygen atoms in total. The van der Waals surface area contributed by atoms with Crippen LogP contribution in [0.5, 0.6) is 5.75 Å². The van der Waals surface area contributed by atoms with Crippen LogP contribution in [0.3, 0.4) is 0 Å². The predicted molar refractivity (Wildman–Crippen MR) is 127 cm³/mol. The topological polar surface area (TPSA) is 83.5 Å². The van der Waals surface area contributed by atoms with E-state index in [0.29, 0.717) is 30.7 Å². The summed E-state index contributed by atoms with van der Waals surface area (Å²) in [6, 6.07) is 13.0. The Labute approximate surface area is 194 Å². The number of hydrazone groups is 1. The molecule has 2 aromatic rings. The summed E-state index contributed by atoms with van der Waals surface area (Å²) in [5.74, 6) is 0.433. The molecule has 1 fully saturated rings. The Balaban J connectivity index is 1.34. The second-order valence-electron chi connectivity index (χ2n) is 8.56. The molecule has 0 aromatic heterocycles. The molecule has 33 heavy (non-hydrogen) atoms. The number of carbonyl (C=O) groups excluding carboxylic acids is 2. The number of amides is 1. The Morgan fingerprint density at radius 1 is 1.15 bits per heavy atom. The Morgan fingerprint density at radius 2 is 1.91 bits per heavy atom. The second-order valence-corrected chi connectivity index (χ2v) is 8.56. The van der Waals surface area contributed by atoms with Gasteiger partial charge in [0.05, 0.1) is 26.4 Å². The minimum Gasteiger partial charge on any atom is -0.493 e. The molecule has 1 atom stereocenters. The third kappa shape index (κ3) is 6.10. The van der Waals surface area contributed by atoms with Gasteiger partial charge < -0.3 is 19.7 Å². The molecule has 0 aliphatic carbocycles. The summed E-state index contributed by atoms with van der Waals surface area (Å²) in [4.78, 5) is 26.6. The van der Waals surface area contributed by atoms with Gasteiger partial charge in [0.15, 0.2) is 0 Å². The molecule has 1 N–H and O–H groups in total. The van der Waals surface area contributed by atoms with E-state index in [2.05, 4.69) is 27.4 Å². The minimum absolute atomic E-state index is 0.0657. The highest BCUT2D eigenvalue weighted by molar-refractivity contribution is 6.04. The van der Waals surface area contributed by atoms with E-state index in [1.807, 2.05) is 36.5 Å². The molecule has 4 rings (SSSR count). The van der Waals surface area contributed by atoms with E-state index < -0.39 is 0 Å². The van der Waals surface area contributed by atoms with Crippen LogP contribution in [0.15, 0.2) is 47.6 Å². The van der Waals surface area contributed by atoms with Gasteiger partial charge in [-0.15, -0.1) is 0 Å². The molecule has 1 amide bonds. The molecule has 1 unspecified atom stereocenters. The van der Waals surface area contributed by atoms with E-state index >= 15 is 0 Å². The van der Waals surface area contributed by atoms with Gasteiger partial charge in [-0.3, -0.25) is 14.6 Å². The maximum absolute atomic E-state index is 12.7. The third-order valence-electron chi connectivity index (χ3n) is 6.01. The first-order chi connectivity index (χ1) is 16.0. The van der Waals surface area contributed by atoms with Crippen molar-refractivity contribution >= 4 is 23.8 Å². The molecule has 2 heterocycles. The van der Waals surface area contributed by atoms with Crippen molar-refractivity contribution < 1.29 is 19.1 Å². The number of nitrogens with one attached hydrogen (secondary N) is 1. The zero-order chi connectivity index (χ0) is 23.2. The van der Waals surface area contributed by atoms with E-state index in [0.717, 1.165) is 43.1 Å². The van der Waals surface area contributed by atoms with Crippen LogP contribution in [-0.4, -0.2) is 74.9 Å². The van der Waals surface area contributed by atoms with Gasteiger partial charge in [0.25, 0.3) is 5.91 Å². The first kappa shape index (κ1) is 22.8. The highest BCUT2D eigenvalue weighted by Gasteiger charge is 2.23. The molecule has 0 radical (unpaired) electrons. The SMILES string of the molecule is COC(=O)CC1COc2ccc(NC(=O)c3ccc(/C=N/N4CCN(C)CC4)cc3)cc2C1. The van der Waals surface area contributed by atoms with Gasteiger partial charge in [-0.25, -0.2) is 0 Å².